The summed E-state index contributed by atoms with van der Waals surface area (Å²) in [6.07, 6.45) is 6.84. The Kier molecular flexibility index (Phi) is 4.84. The average molecular weight is 352 g/mol. The van der Waals surface area contributed by atoms with E-state index >= 15 is 0 Å². The lowest BCUT2D eigenvalue weighted by molar-refractivity contribution is -0.0767. The molecule has 1 saturated heterocycles. The standard InChI is InChI=1S/C20H24N4O2/c25-19(22-15-6-2-1-3-7-15)17-8-9-18(24-23-17)21-16-10-13-26-20(14-16)11-4-5-12-20/h1-3,6-9,16H,4-5,10-14H2,(H,21,24)(H,22,25). The second-order valence-corrected chi connectivity index (χ2v) is 7.20. The molecule has 1 aromatic carbocycles. The molecule has 1 aliphatic carbocycles. The summed E-state index contributed by atoms with van der Waals surface area (Å²) < 4.78 is 6.07. The van der Waals surface area contributed by atoms with Crippen molar-refractivity contribution in [2.75, 3.05) is 17.2 Å². The largest absolute Gasteiger partial charge is 0.375 e. The average Bonchev–Trinajstić information content (AvgIpc) is 3.10. The third-order valence-corrected chi connectivity index (χ3v) is 5.29. The molecule has 6 heteroatoms. The Bertz CT molecular complexity index is 742. The summed E-state index contributed by atoms with van der Waals surface area (Å²) in [6, 6.07) is 13.2. The third kappa shape index (κ3) is 3.85. The van der Waals surface area contributed by atoms with Crippen LogP contribution in [-0.2, 0) is 4.74 Å². The van der Waals surface area contributed by atoms with E-state index in [1.165, 1.54) is 12.8 Å². The third-order valence-electron chi connectivity index (χ3n) is 5.29. The fraction of sp³-hybridized carbons (Fsp3) is 0.450. The number of aromatic nitrogens is 2. The van der Waals surface area contributed by atoms with Crippen LogP contribution in [0.4, 0.5) is 11.5 Å². The molecule has 2 aliphatic rings. The summed E-state index contributed by atoms with van der Waals surface area (Å²) in [5, 5.41) is 14.5. The van der Waals surface area contributed by atoms with Gasteiger partial charge in [0.15, 0.2) is 5.69 Å². The molecular formula is C20H24N4O2. The molecule has 1 amide bonds. The molecular weight excluding hydrogens is 328 g/mol. The number of para-hydroxylation sites is 1. The summed E-state index contributed by atoms with van der Waals surface area (Å²) >= 11 is 0. The number of nitrogens with zero attached hydrogens (tertiary/aromatic N) is 2. The van der Waals surface area contributed by atoms with E-state index in [2.05, 4.69) is 20.8 Å². The first-order valence-electron chi connectivity index (χ1n) is 9.33. The van der Waals surface area contributed by atoms with Gasteiger partial charge in [0, 0.05) is 18.3 Å². The van der Waals surface area contributed by atoms with E-state index in [9.17, 15) is 4.79 Å². The first-order valence-corrected chi connectivity index (χ1v) is 9.33. The molecule has 0 radical (unpaired) electrons. The molecule has 4 rings (SSSR count). The van der Waals surface area contributed by atoms with Crippen molar-refractivity contribution in [1.29, 1.82) is 0 Å². The lowest BCUT2D eigenvalue weighted by Gasteiger charge is -2.38. The van der Waals surface area contributed by atoms with Crippen molar-refractivity contribution in [2.24, 2.45) is 0 Å². The number of ether oxygens (including phenoxy) is 1. The number of nitrogens with one attached hydrogen (secondary N) is 2. The van der Waals surface area contributed by atoms with Crippen molar-refractivity contribution in [1.82, 2.24) is 10.2 Å². The Labute approximate surface area is 153 Å². The van der Waals surface area contributed by atoms with Gasteiger partial charge in [-0.05, 0) is 49.9 Å². The summed E-state index contributed by atoms with van der Waals surface area (Å²) in [6.45, 7) is 0.794. The molecule has 26 heavy (non-hydrogen) atoms. The van der Waals surface area contributed by atoms with Crippen molar-refractivity contribution < 1.29 is 9.53 Å². The first-order chi connectivity index (χ1) is 12.7. The highest BCUT2D eigenvalue weighted by atomic mass is 16.5. The minimum absolute atomic E-state index is 0.0683. The maximum Gasteiger partial charge on any atom is 0.276 e. The summed E-state index contributed by atoms with van der Waals surface area (Å²) in [7, 11) is 0. The summed E-state index contributed by atoms with van der Waals surface area (Å²) in [4.78, 5) is 12.2. The predicted octanol–water partition coefficient (Wildman–Crippen LogP) is 3.63. The zero-order valence-corrected chi connectivity index (χ0v) is 14.8. The molecule has 1 aromatic heterocycles. The van der Waals surface area contributed by atoms with Crippen LogP contribution in [0.2, 0.25) is 0 Å². The predicted molar refractivity (Wildman–Crippen MR) is 100 cm³/mol. The van der Waals surface area contributed by atoms with Crippen LogP contribution in [0.3, 0.4) is 0 Å². The van der Waals surface area contributed by atoms with Crippen molar-refractivity contribution in [3.63, 3.8) is 0 Å². The van der Waals surface area contributed by atoms with Gasteiger partial charge >= 0.3 is 0 Å². The van der Waals surface area contributed by atoms with Crippen LogP contribution in [0.5, 0.6) is 0 Å². The van der Waals surface area contributed by atoms with Gasteiger partial charge in [0.2, 0.25) is 0 Å². The quantitative estimate of drug-likeness (QED) is 0.879. The minimum Gasteiger partial charge on any atom is -0.375 e. The van der Waals surface area contributed by atoms with Crippen LogP contribution in [-0.4, -0.2) is 34.4 Å². The smallest absolute Gasteiger partial charge is 0.276 e. The Morgan fingerprint density at radius 3 is 2.62 bits per heavy atom. The maximum atomic E-state index is 12.2. The van der Waals surface area contributed by atoms with Crippen molar-refractivity contribution in [3.05, 3.63) is 48.2 Å². The monoisotopic (exact) mass is 352 g/mol. The van der Waals surface area contributed by atoms with Gasteiger partial charge in [-0.25, -0.2) is 0 Å². The molecule has 1 unspecified atom stereocenters. The highest BCUT2D eigenvalue weighted by Gasteiger charge is 2.39. The molecule has 136 valence electrons. The maximum absolute atomic E-state index is 12.2. The fourth-order valence-corrected chi connectivity index (χ4v) is 3.97. The van der Waals surface area contributed by atoms with Crippen LogP contribution in [0.1, 0.15) is 49.0 Å². The van der Waals surface area contributed by atoms with Gasteiger partial charge in [-0.15, -0.1) is 10.2 Å². The molecule has 6 nitrogen and oxygen atoms in total. The zero-order valence-electron chi connectivity index (χ0n) is 14.8. The van der Waals surface area contributed by atoms with Crippen molar-refractivity contribution in [3.8, 4) is 0 Å². The molecule has 2 N–H and O–H groups in total. The van der Waals surface area contributed by atoms with Gasteiger partial charge in [0.25, 0.3) is 5.91 Å². The first kappa shape index (κ1) is 17.0. The molecule has 1 aliphatic heterocycles. The van der Waals surface area contributed by atoms with Gasteiger partial charge in [0.05, 0.1) is 5.60 Å². The molecule has 1 saturated carbocycles. The summed E-state index contributed by atoms with van der Waals surface area (Å²) in [5.74, 6) is 0.451. The number of amides is 1. The number of carbonyl (C=O) groups excluding carboxylic acids is 1. The molecule has 1 spiro atoms. The van der Waals surface area contributed by atoms with Gasteiger partial charge in [-0.3, -0.25) is 4.79 Å². The molecule has 0 bridgehead atoms. The normalized spacial score (nSPS) is 21.5. The van der Waals surface area contributed by atoms with Crippen molar-refractivity contribution in [2.45, 2.75) is 50.2 Å². The van der Waals surface area contributed by atoms with Crippen LogP contribution in [0, 0.1) is 0 Å². The topological polar surface area (TPSA) is 76.1 Å². The van der Waals surface area contributed by atoms with Gasteiger partial charge < -0.3 is 15.4 Å². The molecule has 2 heterocycles. The number of hydrogen-bond acceptors (Lipinski definition) is 5. The highest BCUT2D eigenvalue weighted by Crippen LogP contribution is 2.40. The highest BCUT2D eigenvalue weighted by molar-refractivity contribution is 6.02. The Morgan fingerprint density at radius 2 is 1.88 bits per heavy atom. The van der Waals surface area contributed by atoms with E-state index in [0.717, 1.165) is 38.0 Å². The van der Waals surface area contributed by atoms with Crippen molar-refractivity contribution >= 4 is 17.4 Å². The molecule has 1 atom stereocenters. The number of rotatable bonds is 4. The minimum atomic E-state index is -0.258. The molecule has 2 aromatic rings. The number of anilines is 2. The van der Waals surface area contributed by atoms with E-state index in [4.69, 9.17) is 4.74 Å². The second kappa shape index (κ2) is 7.41. The van der Waals surface area contributed by atoms with E-state index in [1.54, 1.807) is 6.07 Å². The van der Waals surface area contributed by atoms with E-state index in [1.807, 2.05) is 36.4 Å². The molecule has 2 fully saturated rings. The number of benzene rings is 1. The van der Waals surface area contributed by atoms with Crippen LogP contribution in [0.15, 0.2) is 42.5 Å². The Balaban J connectivity index is 1.36. The van der Waals surface area contributed by atoms with Crippen LogP contribution in [0.25, 0.3) is 0 Å². The lowest BCUT2D eigenvalue weighted by Crippen LogP contribution is -2.42. The zero-order chi connectivity index (χ0) is 17.8. The van der Waals surface area contributed by atoms with Crippen LogP contribution < -0.4 is 10.6 Å². The Morgan fingerprint density at radius 1 is 1.08 bits per heavy atom. The van der Waals surface area contributed by atoms with E-state index < -0.39 is 0 Å². The van der Waals surface area contributed by atoms with Gasteiger partial charge in [-0.1, -0.05) is 31.0 Å². The Hall–Kier alpha value is -2.47. The van der Waals surface area contributed by atoms with Crippen LogP contribution >= 0.6 is 0 Å². The fourth-order valence-electron chi connectivity index (χ4n) is 3.97. The lowest BCUT2D eigenvalue weighted by atomic mass is 9.89. The van der Waals surface area contributed by atoms with Gasteiger partial charge in [-0.2, -0.15) is 0 Å². The second-order valence-electron chi connectivity index (χ2n) is 7.20. The van der Waals surface area contributed by atoms with E-state index in [0.29, 0.717) is 17.6 Å². The summed E-state index contributed by atoms with van der Waals surface area (Å²) in [5.41, 5.74) is 1.11. The number of hydrogen-bond donors (Lipinski definition) is 2. The SMILES string of the molecule is O=C(Nc1ccccc1)c1ccc(NC2CCOC3(CCCC3)C2)nn1. The number of carbonyl (C=O) groups is 1. The van der Waals surface area contributed by atoms with E-state index in [-0.39, 0.29) is 11.5 Å². The van der Waals surface area contributed by atoms with Gasteiger partial charge in [0.1, 0.15) is 5.82 Å².